The van der Waals surface area contributed by atoms with Gasteiger partial charge in [-0.2, -0.15) is 0 Å². The molecule has 1 aromatic carbocycles. The maximum atomic E-state index is 12.2. The van der Waals surface area contributed by atoms with Gasteiger partial charge in [0.05, 0.1) is 10.8 Å². The van der Waals surface area contributed by atoms with Crippen molar-refractivity contribution in [1.82, 2.24) is 4.31 Å². The summed E-state index contributed by atoms with van der Waals surface area (Å²) in [5.41, 5.74) is 0.330. The van der Waals surface area contributed by atoms with Gasteiger partial charge in [0.1, 0.15) is 0 Å². The molecule has 1 N–H and O–H groups in total. The van der Waals surface area contributed by atoms with Crippen LogP contribution in [0, 0.1) is 5.92 Å². The predicted molar refractivity (Wildman–Crippen MR) is 93.5 cm³/mol. The van der Waals surface area contributed by atoms with Gasteiger partial charge in [0, 0.05) is 19.8 Å². The van der Waals surface area contributed by atoms with E-state index in [1.54, 1.807) is 12.1 Å². The van der Waals surface area contributed by atoms with Crippen molar-refractivity contribution < 1.29 is 22.7 Å². The van der Waals surface area contributed by atoms with Crippen LogP contribution in [0.4, 0.5) is 5.69 Å². The largest absolute Gasteiger partial charge is 0.452 e. The van der Waals surface area contributed by atoms with Gasteiger partial charge in [-0.15, -0.1) is 0 Å². The van der Waals surface area contributed by atoms with Gasteiger partial charge < -0.3 is 10.1 Å². The zero-order chi connectivity index (χ0) is 18.6. The van der Waals surface area contributed by atoms with E-state index in [1.165, 1.54) is 33.2 Å². The Labute approximate surface area is 148 Å². The van der Waals surface area contributed by atoms with Crippen LogP contribution in [0.3, 0.4) is 0 Å². The average Bonchev–Trinajstić information content (AvgIpc) is 3.09. The van der Waals surface area contributed by atoms with E-state index >= 15 is 0 Å². The number of benzene rings is 1. The van der Waals surface area contributed by atoms with Crippen molar-refractivity contribution in [3.05, 3.63) is 24.3 Å². The van der Waals surface area contributed by atoms with Crippen LogP contribution in [0.1, 0.15) is 32.6 Å². The first-order valence-corrected chi connectivity index (χ1v) is 9.70. The molecule has 138 valence electrons. The van der Waals surface area contributed by atoms with Gasteiger partial charge in [-0.3, -0.25) is 9.59 Å². The Bertz CT molecular complexity index is 739. The van der Waals surface area contributed by atoms with E-state index < -0.39 is 22.0 Å². The zero-order valence-electron chi connectivity index (χ0n) is 14.7. The quantitative estimate of drug-likeness (QED) is 0.775. The molecule has 0 spiro atoms. The summed E-state index contributed by atoms with van der Waals surface area (Å²) in [5.74, 6) is -0.960. The minimum Gasteiger partial charge on any atom is -0.452 e. The molecule has 0 bridgehead atoms. The van der Waals surface area contributed by atoms with E-state index in [0.717, 1.165) is 30.0 Å². The molecule has 1 fully saturated rings. The van der Waals surface area contributed by atoms with Crippen molar-refractivity contribution in [2.45, 2.75) is 43.6 Å². The molecule has 0 unspecified atom stereocenters. The molecule has 1 saturated carbocycles. The first-order chi connectivity index (χ1) is 11.7. The van der Waals surface area contributed by atoms with E-state index in [2.05, 4.69) is 5.32 Å². The second-order valence-corrected chi connectivity index (χ2v) is 8.52. The molecule has 8 heteroatoms. The summed E-state index contributed by atoms with van der Waals surface area (Å²) >= 11 is 0. The van der Waals surface area contributed by atoms with Crippen molar-refractivity contribution in [1.29, 1.82) is 0 Å². The van der Waals surface area contributed by atoms with Crippen LogP contribution >= 0.6 is 0 Å². The lowest BCUT2D eigenvalue weighted by Crippen LogP contribution is -2.32. The summed E-state index contributed by atoms with van der Waals surface area (Å²) in [6.45, 7) is 1.50. The second-order valence-electron chi connectivity index (χ2n) is 6.37. The third-order valence-electron chi connectivity index (χ3n) is 4.23. The normalized spacial score (nSPS) is 16.6. The number of carbonyl (C=O) groups is 2. The van der Waals surface area contributed by atoms with Crippen molar-refractivity contribution >= 4 is 27.6 Å². The highest BCUT2D eigenvalue weighted by Crippen LogP contribution is 2.26. The van der Waals surface area contributed by atoms with E-state index in [-0.39, 0.29) is 16.8 Å². The molecule has 0 aromatic heterocycles. The predicted octanol–water partition coefficient (Wildman–Crippen LogP) is 2.00. The molecule has 0 heterocycles. The molecule has 2 rings (SSSR count). The molecule has 7 nitrogen and oxygen atoms in total. The van der Waals surface area contributed by atoms with Gasteiger partial charge in [-0.1, -0.05) is 18.9 Å². The van der Waals surface area contributed by atoms with E-state index in [9.17, 15) is 18.0 Å². The Kier molecular flexibility index (Phi) is 6.18. The molecule has 1 amide bonds. The van der Waals surface area contributed by atoms with Gasteiger partial charge >= 0.3 is 5.97 Å². The summed E-state index contributed by atoms with van der Waals surface area (Å²) < 4.78 is 30.6. The van der Waals surface area contributed by atoms with E-state index in [0.29, 0.717) is 5.69 Å². The van der Waals surface area contributed by atoms with Gasteiger partial charge in [0.25, 0.3) is 5.91 Å². The SMILES string of the molecule is C[C@H](OC(=O)C1CCCC1)C(=O)Nc1cccc(S(=O)(=O)N(C)C)c1. The van der Waals surface area contributed by atoms with E-state index in [4.69, 9.17) is 4.74 Å². The molecule has 25 heavy (non-hydrogen) atoms. The van der Waals surface area contributed by atoms with Crippen LogP contribution in [0.15, 0.2) is 29.2 Å². The zero-order valence-corrected chi connectivity index (χ0v) is 15.5. The first-order valence-electron chi connectivity index (χ1n) is 8.26. The Hall–Kier alpha value is -1.93. The fraction of sp³-hybridized carbons (Fsp3) is 0.529. The summed E-state index contributed by atoms with van der Waals surface area (Å²) in [6.07, 6.45) is 2.68. The van der Waals surface area contributed by atoms with Crippen molar-refractivity contribution in [3.63, 3.8) is 0 Å². The molecule has 1 aliphatic carbocycles. The molecular formula is C17H24N2O5S. The highest BCUT2D eigenvalue weighted by Gasteiger charge is 2.27. The maximum Gasteiger partial charge on any atom is 0.309 e. The van der Waals surface area contributed by atoms with Crippen LogP contribution < -0.4 is 5.32 Å². The Balaban J connectivity index is 2.01. The Morgan fingerprint density at radius 1 is 1.24 bits per heavy atom. The van der Waals surface area contributed by atoms with Gasteiger partial charge in [-0.25, -0.2) is 12.7 Å². The molecule has 1 aromatic rings. The minimum absolute atomic E-state index is 0.0749. The topological polar surface area (TPSA) is 92.8 Å². The average molecular weight is 368 g/mol. The van der Waals surface area contributed by atoms with Crippen molar-refractivity contribution in [2.24, 2.45) is 5.92 Å². The molecule has 1 atom stereocenters. The molecule has 0 saturated heterocycles. The number of hydrogen-bond donors (Lipinski definition) is 1. The van der Waals surface area contributed by atoms with Crippen LogP contribution in [-0.4, -0.2) is 44.8 Å². The number of rotatable bonds is 6. The minimum atomic E-state index is -3.59. The lowest BCUT2D eigenvalue weighted by molar-refractivity contribution is -0.157. The fourth-order valence-electron chi connectivity index (χ4n) is 2.67. The van der Waals surface area contributed by atoms with Crippen molar-refractivity contribution in [3.8, 4) is 0 Å². The van der Waals surface area contributed by atoms with Crippen LogP contribution in [0.2, 0.25) is 0 Å². The lowest BCUT2D eigenvalue weighted by atomic mass is 10.1. The highest BCUT2D eigenvalue weighted by molar-refractivity contribution is 7.89. The summed E-state index contributed by atoms with van der Waals surface area (Å²) in [7, 11) is -0.718. The number of sulfonamides is 1. The first kappa shape index (κ1) is 19.4. The number of nitrogens with one attached hydrogen (secondary N) is 1. The fourth-order valence-corrected chi connectivity index (χ4v) is 3.62. The van der Waals surface area contributed by atoms with Gasteiger partial charge in [0.15, 0.2) is 6.10 Å². The molecular weight excluding hydrogens is 344 g/mol. The highest BCUT2D eigenvalue weighted by atomic mass is 32.2. The Morgan fingerprint density at radius 3 is 2.48 bits per heavy atom. The summed E-state index contributed by atoms with van der Waals surface area (Å²) in [5, 5.41) is 2.59. The monoisotopic (exact) mass is 368 g/mol. The third-order valence-corrected chi connectivity index (χ3v) is 6.04. The molecule has 0 radical (unpaired) electrons. The smallest absolute Gasteiger partial charge is 0.309 e. The van der Waals surface area contributed by atoms with E-state index in [1.807, 2.05) is 0 Å². The van der Waals surface area contributed by atoms with Crippen LogP contribution in [0.25, 0.3) is 0 Å². The van der Waals surface area contributed by atoms with Crippen LogP contribution in [0.5, 0.6) is 0 Å². The number of anilines is 1. The number of carbonyl (C=O) groups excluding carboxylic acids is 2. The maximum absolute atomic E-state index is 12.2. The number of esters is 1. The number of hydrogen-bond acceptors (Lipinski definition) is 5. The molecule has 0 aliphatic heterocycles. The number of ether oxygens (including phenoxy) is 1. The number of amides is 1. The third kappa shape index (κ3) is 4.79. The summed E-state index contributed by atoms with van der Waals surface area (Å²) in [4.78, 5) is 24.3. The summed E-state index contributed by atoms with van der Waals surface area (Å²) in [6, 6.07) is 5.95. The van der Waals surface area contributed by atoms with Crippen molar-refractivity contribution in [2.75, 3.05) is 19.4 Å². The molecule has 1 aliphatic rings. The van der Waals surface area contributed by atoms with Gasteiger partial charge in [-0.05, 0) is 38.0 Å². The lowest BCUT2D eigenvalue weighted by Gasteiger charge is -2.17. The van der Waals surface area contributed by atoms with Crippen LogP contribution in [-0.2, 0) is 24.3 Å². The van der Waals surface area contributed by atoms with Gasteiger partial charge in [0.2, 0.25) is 10.0 Å². The Morgan fingerprint density at radius 2 is 1.88 bits per heavy atom. The second kappa shape index (κ2) is 7.97. The standard InChI is InChI=1S/C17H24N2O5S/c1-12(24-17(21)13-7-4-5-8-13)16(20)18-14-9-6-10-15(11-14)25(22,23)19(2)3/h6,9-13H,4-5,7-8H2,1-3H3,(H,18,20)/t12-/m0/s1. The number of nitrogens with zero attached hydrogens (tertiary/aromatic N) is 1.